The standard InChI is InChI=1S/C15H17F3O2/c16-15(17,18)11-3-6-14(19,7-4-11)12-1-2-13-10(9-12)5-8-20-13/h1-2,9,11,19H,3-8H2. The minimum Gasteiger partial charge on any atom is -0.493 e. The van der Waals surface area contributed by atoms with Crippen LogP contribution in [0, 0.1) is 5.92 Å². The number of rotatable bonds is 1. The molecule has 1 N–H and O–H groups in total. The monoisotopic (exact) mass is 286 g/mol. The van der Waals surface area contributed by atoms with E-state index in [0.717, 1.165) is 23.3 Å². The fourth-order valence-corrected chi connectivity index (χ4v) is 3.19. The molecule has 5 heteroatoms. The number of hydrogen-bond acceptors (Lipinski definition) is 2. The van der Waals surface area contributed by atoms with Crippen LogP contribution in [0.5, 0.6) is 5.75 Å². The van der Waals surface area contributed by atoms with Crippen molar-refractivity contribution in [3.05, 3.63) is 29.3 Å². The highest BCUT2D eigenvalue weighted by molar-refractivity contribution is 5.41. The summed E-state index contributed by atoms with van der Waals surface area (Å²) in [5.74, 6) is -0.457. The molecule has 0 aromatic heterocycles. The zero-order valence-corrected chi connectivity index (χ0v) is 11.0. The first-order chi connectivity index (χ1) is 9.38. The largest absolute Gasteiger partial charge is 0.493 e. The molecule has 110 valence electrons. The number of fused-ring (bicyclic) bond motifs is 1. The number of benzene rings is 1. The normalized spacial score (nSPS) is 29.9. The van der Waals surface area contributed by atoms with Crippen molar-refractivity contribution in [1.82, 2.24) is 0 Å². The predicted molar refractivity (Wildman–Crippen MR) is 67.6 cm³/mol. The Labute approximate surface area is 115 Å². The molecule has 1 saturated carbocycles. The lowest BCUT2D eigenvalue weighted by Crippen LogP contribution is -2.36. The molecule has 1 heterocycles. The first-order valence-corrected chi connectivity index (χ1v) is 6.94. The third-order valence-electron chi connectivity index (χ3n) is 4.50. The van der Waals surface area contributed by atoms with Gasteiger partial charge < -0.3 is 9.84 Å². The van der Waals surface area contributed by atoms with Crippen molar-refractivity contribution >= 4 is 0 Å². The number of alkyl halides is 3. The molecule has 1 aromatic carbocycles. The van der Waals surface area contributed by atoms with Crippen molar-refractivity contribution in [3.63, 3.8) is 0 Å². The van der Waals surface area contributed by atoms with Gasteiger partial charge in [0.2, 0.25) is 0 Å². The van der Waals surface area contributed by atoms with Gasteiger partial charge in [-0.2, -0.15) is 13.2 Å². The highest BCUT2D eigenvalue weighted by Crippen LogP contribution is 2.45. The molecule has 0 amide bonds. The third kappa shape index (κ3) is 2.39. The SMILES string of the molecule is OC1(c2ccc3c(c2)CCO3)CCC(C(F)(F)F)CC1. The Hall–Kier alpha value is -1.23. The van der Waals surface area contributed by atoms with Crippen molar-refractivity contribution in [2.45, 2.75) is 43.9 Å². The van der Waals surface area contributed by atoms with Gasteiger partial charge in [-0.25, -0.2) is 0 Å². The van der Waals surface area contributed by atoms with Crippen LogP contribution in [0.25, 0.3) is 0 Å². The van der Waals surface area contributed by atoms with E-state index in [1.54, 1.807) is 6.07 Å². The Kier molecular flexibility index (Phi) is 3.20. The smallest absolute Gasteiger partial charge is 0.391 e. The molecule has 0 spiro atoms. The van der Waals surface area contributed by atoms with E-state index in [1.165, 1.54) is 0 Å². The van der Waals surface area contributed by atoms with Crippen molar-refractivity contribution < 1.29 is 23.0 Å². The highest BCUT2D eigenvalue weighted by atomic mass is 19.4. The molecule has 1 aliphatic heterocycles. The minimum atomic E-state index is -4.15. The highest BCUT2D eigenvalue weighted by Gasteiger charge is 2.45. The molecule has 20 heavy (non-hydrogen) atoms. The quantitative estimate of drug-likeness (QED) is 0.855. The zero-order chi connectivity index (χ0) is 14.4. The third-order valence-corrected chi connectivity index (χ3v) is 4.50. The van der Waals surface area contributed by atoms with Crippen LogP contribution in [-0.4, -0.2) is 17.9 Å². The van der Waals surface area contributed by atoms with Crippen LogP contribution in [0.4, 0.5) is 13.2 Å². The number of aliphatic hydroxyl groups is 1. The van der Waals surface area contributed by atoms with Crippen LogP contribution < -0.4 is 4.74 Å². The van der Waals surface area contributed by atoms with Crippen molar-refractivity contribution in [1.29, 1.82) is 0 Å². The molecule has 0 saturated heterocycles. The van der Waals surface area contributed by atoms with Gasteiger partial charge in [-0.1, -0.05) is 6.07 Å². The second-order valence-electron chi connectivity index (χ2n) is 5.77. The second kappa shape index (κ2) is 4.65. The summed E-state index contributed by atoms with van der Waals surface area (Å²) in [6, 6.07) is 5.47. The molecule has 0 bridgehead atoms. The number of hydrogen-bond donors (Lipinski definition) is 1. The van der Waals surface area contributed by atoms with Gasteiger partial charge in [0.15, 0.2) is 0 Å². The predicted octanol–water partition coefficient (Wildman–Crippen LogP) is 3.56. The van der Waals surface area contributed by atoms with E-state index in [1.807, 2.05) is 12.1 Å². The lowest BCUT2D eigenvalue weighted by molar-refractivity contribution is -0.193. The summed E-state index contributed by atoms with van der Waals surface area (Å²) in [4.78, 5) is 0. The van der Waals surface area contributed by atoms with Crippen molar-refractivity contribution in [3.8, 4) is 5.75 Å². The van der Waals surface area contributed by atoms with E-state index in [2.05, 4.69) is 0 Å². The van der Waals surface area contributed by atoms with Gasteiger partial charge in [0.25, 0.3) is 0 Å². The van der Waals surface area contributed by atoms with E-state index in [0.29, 0.717) is 6.61 Å². The van der Waals surface area contributed by atoms with Crippen LogP contribution in [0.15, 0.2) is 18.2 Å². The Balaban J connectivity index is 1.77. The Morgan fingerprint density at radius 1 is 1.20 bits per heavy atom. The fourth-order valence-electron chi connectivity index (χ4n) is 3.19. The fraction of sp³-hybridized carbons (Fsp3) is 0.600. The molecule has 1 aliphatic carbocycles. The molecular formula is C15H17F3O2. The van der Waals surface area contributed by atoms with Gasteiger partial charge >= 0.3 is 6.18 Å². The Bertz CT molecular complexity index is 502. The van der Waals surface area contributed by atoms with Gasteiger partial charge in [0.05, 0.1) is 18.1 Å². The van der Waals surface area contributed by atoms with Crippen LogP contribution in [0.2, 0.25) is 0 Å². The van der Waals surface area contributed by atoms with E-state index >= 15 is 0 Å². The summed E-state index contributed by atoms with van der Waals surface area (Å²) in [6.45, 7) is 0.632. The van der Waals surface area contributed by atoms with Crippen LogP contribution in [0.3, 0.4) is 0 Å². The first kappa shape index (κ1) is 13.7. The molecular weight excluding hydrogens is 269 g/mol. The first-order valence-electron chi connectivity index (χ1n) is 6.94. The summed E-state index contributed by atoms with van der Waals surface area (Å²) in [5, 5.41) is 10.6. The van der Waals surface area contributed by atoms with E-state index < -0.39 is 17.7 Å². The maximum Gasteiger partial charge on any atom is 0.391 e. The Morgan fingerprint density at radius 3 is 2.55 bits per heavy atom. The van der Waals surface area contributed by atoms with Gasteiger partial charge in [0.1, 0.15) is 5.75 Å². The van der Waals surface area contributed by atoms with E-state index in [4.69, 9.17) is 4.74 Å². The molecule has 0 atom stereocenters. The summed E-state index contributed by atoms with van der Waals surface area (Å²) in [7, 11) is 0. The summed E-state index contributed by atoms with van der Waals surface area (Å²) in [5.41, 5.74) is 0.635. The molecule has 1 aromatic rings. The van der Waals surface area contributed by atoms with Gasteiger partial charge in [-0.05, 0) is 48.9 Å². The van der Waals surface area contributed by atoms with E-state index in [-0.39, 0.29) is 25.7 Å². The summed E-state index contributed by atoms with van der Waals surface area (Å²) < 4.78 is 43.4. The zero-order valence-electron chi connectivity index (χ0n) is 11.0. The maximum absolute atomic E-state index is 12.7. The van der Waals surface area contributed by atoms with Crippen LogP contribution in [0.1, 0.15) is 36.8 Å². The van der Waals surface area contributed by atoms with E-state index in [9.17, 15) is 18.3 Å². The number of halogens is 3. The lowest BCUT2D eigenvalue weighted by atomic mass is 9.74. The average Bonchev–Trinajstić information content (AvgIpc) is 2.85. The summed E-state index contributed by atoms with van der Waals surface area (Å²) in [6.07, 6.45) is -3.04. The molecule has 1 fully saturated rings. The molecule has 0 unspecified atom stereocenters. The van der Waals surface area contributed by atoms with Crippen LogP contribution in [-0.2, 0) is 12.0 Å². The van der Waals surface area contributed by atoms with Gasteiger partial charge in [-0.15, -0.1) is 0 Å². The minimum absolute atomic E-state index is 0.00636. The van der Waals surface area contributed by atoms with Gasteiger partial charge in [0, 0.05) is 6.42 Å². The van der Waals surface area contributed by atoms with Crippen molar-refractivity contribution in [2.75, 3.05) is 6.61 Å². The maximum atomic E-state index is 12.7. The summed E-state index contributed by atoms with van der Waals surface area (Å²) >= 11 is 0. The number of ether oxygens (including phenoxy) is 1. The van der Waals surface area contributed by atoms with Crippen LogP contribution >= 0.6 is 0 Å². The van der Waals surface area contributed by atoms with Crippen molar-refractivity contribution in [2.24, 2.45) is 5.92 Å². The lowest BCUT2D eigenvalue weighted by Gasteiger charge is -2.37. The molecule has 3 rings (SSSR count). The van der Waals surface area contributed by atoms with Gasteiger partial charge in [-0.3, -0.25) is 0 Å². The molecule has 2 aliphatic rings. The molecule has 0 radical (unpaired) electrons. The topological polar surface area (TPSA) is 29.5 Å². The average molecular weight is 286 g/mol. The Morgan fingerprint density at radius 2 is 1.90 bits per heavy atom. The molecule has 2 nitrogen and oxygen atoms in total. The second-order valence-corrected chi connectivity index (χ2v) is 5.77.